The highest BCUT2D eigenvalue weighted by Crippen LogP contribution is 2.31. The van der Waals surface area contributed by atoms with Gasteiger partial charge in [-0.25, -0.2) is 9.37 Å². The maximum absolute atomic E-state index is 14.9. The second-order valence-electron chi connectivity index (χ2n) is 10.4. The molecule has 11 heteroatoms. The van der Waals surface area contributed by atoms with Crippen molar-refractivity contribution in [2.45, 2.75) is 25.8 Å². The number of pyridine rings is 1. The number of carbonyl (C=O) groups excluding carboxylic acids is 3. The second kappa shape index (κ2) is 10.7. The summed E-state index contributed by atoms with van der Waals surface area (Å²) in [5.41, 5.74) is 0.968. The minimum atomic E-state index is -0.520. The van der Waals surface area contributed by atoms with Gasteiger partial charge in [-0.2, -0.15) is 5.10 Å². The minimum absolute atomic E-state index is 0.0272. The van der Waals surface area contributed by atoms with Crippen LogP contribution in [0.25, 0.3) is 10.9 Å². The normalized spacial score (nSPS) is 18.0. The zero-order valence-corrected chi connectivity index (χ0v) is 21.7. The molecule has 2 aromatic heterocycles. The van der Waals surface area contributed by atoms with Crippen LogP contribution >= 0.6 is 0 Å². The standard InChI is InChI=1S/C28H31FN6O4/c29-22-16-24-21(14-20(22)15-25(36)23-2-1-3-26(30-23)32-10-12-39-13-11-32)17-35(31-24)18-27(37)33-6-8-34(9-7-33)28(38)19-4-5-19/h1-3,14,16-17,19H,4-13,15,18H2. The molecule has 3 aromatic rings. The third-order valence-electron chi connectivity index (χ3n) is 7.59. The predicted molar refractivity (Wildman–Crippen MR) is 141 cm³/mol. The molecule has 3 fully saturated rings. The van der Waals surface area contributed by atoms with Crippen molar-refractivity contribution in [1.82, 2.24) is 24.6 Å². The van der Waals surface area contributed by atoms with Crippen LogP contribution in [0, 0.1) is 11.7 Å². The first-order valence-corrected chi connectivity index (χ1v) is 13.5. The van der Waals surface area contributed by atoms with Gasteiger partial charge >= 0.3 is 0 Å². The Morgan fingerprint density at radius 2 is 1.72 bits per heavy atom. The molecule has 6 rings (SSSR count). The lowest BCUT2D eigenvalue weighted by Crippen LogP contribution is -2.51. The Labute approximate surface area is 225 Å². The maximum Gasteiger partial charge on any atom is 0.244 e. The Balaban J connectivity index is 1.10. The summed E-state index contributed by atoms with van der Waals surface area (Å²) < 4.78 is 21.8. The molecule has 4 heterocycles. The molecule has 3 aliphatic rings. The van der Waals surface area contributed by atoms with E-state index >= 15 is 0 Å². The lowest BCUT2D eigenvalue weighted by atomic mass is 10.0. The largest absolute Gasteiger partial charge is 0.378 e. The van der Waals surface area contributed by atoms with Crippen molar-refractivity contribution in [2.24, 2.45) is 5.92 Å². The number of Topliss-reactive ketones (excluding diaryl/α,β-unsaturated/α-hetero) is 1. The summed E-state index contributed by atoms with van der Waals surface area (Å²) in [5.74, 6) is 0.210. The quantitative estimate of drug-likeness (QED) is 0.427. The molecule has 1 aliphatic carbocycles. The number of amides is 2. The van der Waals surface area contributed by atoms with Crippen molar-refractivity contribution < 1.29 is 23.5 Å². The van der Waals surface area contributed by atoms with E-state index in [0.717, 1.165) is 12.8 Å². The van der Waals surface area contributed by atoms with E-state index in [2.05, 4.69) is 15.0 Å². The number of nitrogens with zero attached hydrogens (tertiary/aromatic N) is 6. The lowest BCUT2D eigenvalue weighted by Gasteiger charge is -2.34. The fourth-order valence-corrected chi connectivity index (χ4v) is 5.17. The average molecular weight is 535 g/mol. The predicted octanol–water partition coefficient (Wildman–Crippen LogP) is 1.91. The summed E-state index contributed by atoms with van der Waals surface area (Å²) in [6.45, 7) is 4.77. The van der Waals surface area contributed by atoms with E-state index in [1.54, 1.807) is 29.3 Å². The number of hydrogen-bond donors (Lipinski definition) is 0. The van der Waals surface area contributed by atoms with Crippen molar-refractivity contribution >= 4 is 34.3 Å². The van der Waals surface area contributed by atoms with Crippen LogP contribution in [-0.4, -0.2) is 94.6 Å². The Morgan fingerprint density at radius 1 is 0.974 bits per heavy atom. The van der Waals surface area contributed by atoms with E-state index in [-0.39, 0.29) is 42.0 Å². The van der Waals surface area contributed by atoms with E-state index in [9.17, 15) is 18.8 Å². The molecule has 2 amide bonds. The van der Waals surface area contributed by atoms with Gasteiger partial charge in [0, 0.05) is 69.3 Å². The number of morpholine rings is 1. The number of aromatic nitrogens is 3. The minimum Gasteiger partial charge on any atom is -0.378 e. The van der Waals surface area contributed by atoms with E-state index in [4.69, 9.17) is 4.74 Å². The number of benzene rings is 1. The van der Waals surface area contributed by atoms with Crippen LogP contribution in [0.15, 0.2) is 36.5 Å². The molecule has 0 bridgehead atoms. The molecular weight excluding hydrogens is 503 g/mol. The monoisotopic (exact) mass is 534 g/mol. The highest BCUT2D eigenvalue weighted by Gasteiger charge is 2.35. The third-order valence-corrected chi connectivity index (χ3v) is 7.59. The van der Waals surface area contributed by atoms with Gasteiger partial charge in [0.05, 0.1) is 18.7 Å². The molecular formula is C28H31FN6O4. The van der Waals surface area contributed by atoms with Crippen molar-refractivity contribution in [2.75, 3.05) is 57.4 Å². The molecule has 0 spiro atoms. The molecule has 0 N–H and O–H groups in total. The van der Waals surface area contributed by atoms with E-state index in [1.165, 1.54) is 10.7 Å². The molecule has 1 aromatic carbocycles. The zero-order valence-electron chi connectivity index (χ0n) is 21.7. The van der Waals surface area contributed by atoms with E-state index < -0.39 is 5.82 Å². The SMILES string of the molecule is O=C(Cc1cc2cn(CC(=O)N3CCN(C(=O)C4CC4)CC3)nc2cc1F)c1cccc(N2CCOCC2)n1. The summed E-state index contributed by atoms with van der Waals surface area (Å²) in [4.78, 5) is 48.3. The number of piperazine rings is 1. The number of ether oxygens (including phenoxy) is 1. The molecule has 1 saturated carbocycles. The summed E-state index contributed by atoms with van der Waals surface area (Å²) in [6, 6.07) is 8.21. The van der Waals surface area contributed by atoms with Crippen LogP contribution in [0.5, 0.6) is 0 Å². The zero-order chi connectivity index (χ0) is 26.9. The molecule has 2 aliphatic heterocycles. The van der Waals surface area contributed by atoms with Crippen molar-refractivity contribution in [1.29, 1.82) is 0 Å². The van der Waals surface area contributed by atoms with Crippen LogP contribution in [0.3, 0.4) is 0 Å². The van der Waals surface area contributed by atoms with Gasteiger partial charge in [-0.05, 0) is 36.6 Å². The van der Waals surface area contributed by atoms with Gasteiger partial charge < -0.3 is 19.4 Å². The maximum atomic E-state index is 14.9. The number of hydrogen-bond acceptors (Lipinski definition) is 7. The van der Waals surface area contributed by atoms with Crippen LogP contribution in [0.2, 0.25) is 0 Å². The second-order valence-corrected chi connectivity index (χ2v) is 10.4. The van der Waals surface area contributed by atoms with Crippen molar-refractivity contribution in [3.8, 4) is 0 Å². The highest BCUT2D eigenvalue weighted by atomic mass is 19.1. The Hall–Kier alpha value is -3.86. The fourth-order valence-electron chi connectivity index (χ4n) is 5.17. The van der Waals surface area contributed by atoms with Crippen LogP contribution in [-0.2, 0) is 27.3 Å². The summed E-state index contributed by atoms with van der Waals surface area (Å²) in [7, 11) is 0. The van der Waals surface area contributed by atoms with E-state index in [1.807, 2.05) is 11.0 Å². The number of fused-ring (bicyclic) bond motifs is 1. The molecule has 10 nitrogen and oxygen atoms in total. The van der Waals surface area contributed by atoms with Crippen LogP contribution < -0.4 is 4.90 Å². The van der Waals surface area contributed by atoms with Crippen molar-refractivity contribution in [3.05, 3.63) is 53.6 Å². The summed E-state index contributed by atoms with van der Waals surface area (Å²) >= 11 is 0. The molecule has 0 atom stereocenters. The summed E-state index contributed by atoms with van der Waals surface area (Å²) in [5, 5.41) is 5.03. The van der Waals surface area contributed by atoms with Gasteiger partial charge in [0.15, 0.2) is 5.78 Å². The van der Waals surface area contributed by atoms with Gasteiger partial charge in [-0.15, -0.1) is 0 Å². The van der Waals surface area contributed by atoms with Gasteiger partial charge in [0.25, 0.3) is 0 Å². The van der Waals surface area contributed by atoms with Crippen LogP contribution in [0.1, 0.15) is 28.9 Å². The number of anilines is 1. The van der Waals surface area contributed by atoms with Gasteiger partial charge in [0.1, 0.15) is 23.9 Å². The number of carbonyl (C=O) groups is 3. The van der Waals surface area contributed by atoms with Gasteiger partial charge in [-0.1, -0.05) is 6.07 Å². The average Bonchev–Trinajstić information content (AvgIpc) is 3.75. The molecule has 2 saturated heterocycles. The molecule has 0 unspecified atom stereocenters. The fraction of sp³-hybridized carbons (Fsp3) is 0.464. The number of halogens is 1. The molecule has 0 radical (unpaired) electrons. The number of rotatable bonds is 7. The first-order chi connectivity index (χ1) is 18.9. The molecule has 39 heavy (non-hydrogen) atoms. The van der Waals surface area contributed by atoms with Crippen LogP contribution in [0.4, 0.5) is 10.2 Å². The Bertz CT molecular complexity index is 1410. The van der Waals surface area contributed by atoms with Gasteiger partial charge in [-0.3, -0.25) is 19.1 Å². The topological polar surface area (TPSA) is 101 Å². The Morgan fingerprint density at radius 3 is 2.46 bits per heavy atom. The number of ketones is 1. The summed E-state index contributed by atoms with van der Waals surface area (Å²) in [6.07, 6.45) is 3.51. The van der Waals surface area contributed by atoms with E-state index in [0.29, 0.717) is 74.9 Å². The molecule has 204 valence electrons. The highest BCUT2D eigenvalue weighted by molar-refractivity contribution is 5.96. The lowest BCUT2D eigenvalue weighted by molar-refractivity contribution is -0.140. The third kappa shape index (κ3) is 5.63. The first kappa shape index (κ1) is 25.4. The van der Waals surface area contributed by atoms with Crippen molar-refractivity contribution in [3.63, 3.8) is 0 Å². The van der Waals surface area contributed by atoms with Gasteiger partial charge in [0.2, 0.25) is 11.8 Å². The Kier molecular flexibility index (Phi) is 6.99. The smallest absolute Gasteiger partial charge is 0.244 e. The first-order valence-electron chi connectivity index (χ1n) is 13.5.